The third-order valence-electron chi connectivity index (χ3n) is 2.17. The molecule has 0 amide bonds. The number of ether oxygens (including phenoxy) is 1. The van der Waals surface area contributed by atoms with Gasteiger partial charge in [-0.2, -0.15) is 0 Å². The van der Waals surface area contributed by atoms with Gasteiger partial charge in [-0.1, -0.05) is 23.4 Å². The molecule has 102 valence electrons. The minimum atomic E-state index is -1.26. The lowest BCUT2D eigenvalue weighted by atomic mass is 10.0. The Labute approximate surface area is 109 Å². The minimum Gasteiger partial charge on any atom is -0.476 e. The highest BCUT2D eigenvalue weighted by atomic mass is 16.6. The number of aliphatic carboxylic acids is 1. The number of carboxylic acid groups (broad SMARTS) is 1. The highest BCUT2D eigenvalue weighted by Gasteiger charge is 2.20. The molecule has 0 aliphatic carbocycles. The molecule has 0 aliphatic rings. The summed E-state index contributed by atoms with van der Waals surface area (Å²) in [4.78, 5) is 15.7. The molecule has 0 radical (unpaired) electrons. The molecule has 7 heteroatoms. The van der Waals surface area contributed by atoms with E-state index in [1.807, 2.05) is 0 Å². The van der Waals surface area contributed by atoms with E-state index in [-0.39, 0.29) is 23.8 Å². The van der Waals surface area contributed by atoms with Crippen LogP contribution in [0.2, 0.25) is 0 Å². The standard InChI is InChI=1S/C12H14N2O5/c1-3-19-11(13-17)9-7-5-4-6-8(9)10(12(15)16)14-18-2/h4-7,17H,3H2,1-2H3,(H,15,16)/b13-11-,14-10+. The van der Waals surface area contributed by atoms with E-state index < -0.39 is 5.97 Å². The molecule has 0 aliphatic heterocycles. The Morgan fingerprint density at radius 2 is 1.95 bits per heavy atom. The van der Waals surface area contributed by atoms with Crippen LogP contribution in [0.1, 0.15) is 18.1 Å². The maximum atomic E-state index is 11.2. The predicted octanol–water partition coefficient (Wildman–Crippen LogP) is 1.29. The molecule has 19 heavy (non-hydrogen) atoms. The first-order valence-electron chi connectivity index (χ1n) is 5.44. The number of hydrogen-bond donors (Lipinski definition) is 2. The van der Waals surface area contributed by atoms with E-state index >= 15 is 0 Å². The highest BCUT2D eigenvalue weighted by molar-refractivity contribution is 6.43. The summed E-state index contributed by atoms with van der Waals surface area (Å²) in [6.45, 7) is 1.99. The van der Waals surface area contributed by atoms with Gasteiger partial charge in [-0.3, -0.25) is 0 Å². The lowest BCUT2D eigenvalue weighted by Gasteiger charge is -2.10. The fraction of sp³-hybridized carbons (Fsp3) is 0.250. The second-order valence-corrected chi connectivity index (χ2v) is 3.31. The van der Waals surface area contributed by atoms with Crippen molar-refractivity contribution in [2.45, 2.75) is 6.92 Å². The van der Waals surface area contributed by atoms with Gasteiger partial charge in [0.05, 0.1) is 6.61 Å². The van der Waals surface area contributed by atoms with Crippen LogP contribution < -0.4 is 0 Å². The monoisotopic (exact) mass is 266 g/mol. The summed E-state index contributed by atoms with van der Waals surface area (Å²) in [7, 11) is 1.25. The molecule has 0 fully saturated rings. The smallest absolute Gasteiger partial charge is 0.358 e. The van der Waals surface area contributed by atoms with Gasteiger partial charge in [0.1, 0.15) is 7.11 Å². The number of carbonyl (C=O) groups is 1. The maximum absolute atomic E-state index is 11.2. The normalized spacial score (nSPS) is 12.1. The van der Waals surface area contributed by atoms with Crippen molar-refractivity contribution in [3.63, 3.8) is 0 Å². The van der Waals surface area contributed by atoms with Crippen LogP contribution in [0.5, 0.6) is 0 Å². The predicted molar refractivity (Wildman–Crippen MR) is 67.6 cm³/mol. The SMILES string of the molecule is CCO/C(=N\O)c1ccccc1/C(=N\OC)C(=O)O. The van der Waals surface area contributed by atoms with Crippen molar-refractivity contribution in [2.75, 3.05) is 13.7 Å². The van der Waals surface area contributed by atoms with Crippen LogP contribution in [0.25, 0.3) is 0 Å². The Morgan fingerprint density at radius 3 is 2.42 bits per heavy atom. The first kappa shape index (κ1) is 14.5. The number of rotatable bonds is 5. The summed E-state index contributed by atoms with van der Waals surface area (Å²) >= 11 is 0. The minimum absolute atomic E-state index is 0.0804. The van der Waals surface area contributed by atoms with Crippen LogP contribution in [0.3, 0.4) is 0 Å². The fourth-order valence-corrected chi connectivity index (χ4v) is 1.47. The van der Waals surface area contributed by atoms with Crippen LogP contribution in [0.15, 0.2) is 34.6 Å². The third kappa shape index (κ3) is 3.44. The van der Waals surface area contributed by atoms with E-state index in [0.29, 0.717) is 5.56 Å². The molecule has 1 rings (SSSR count). The van der Waals surface area contributed by atoms with Crippen LogP contribution in [0.4, 0.5) is 0 Å². The van der Waals surface area contributed by atoms with Gasteiger partial charge < -0.3 is 19.9 Å². The van der Waals surface area contributed by atoms with E-state index in [4.69, 9.17) is 15.1 Å². The zero-order valence-corrected chi connectivity index (χ0v) is 10.5. The highest BCUT2D eigenvalue weighted by Crippen LogP contribution is 2.13. The Balaban J connectivity index is 3.36. The van der Waals surface area contributed by atoms with Gasteiger partial charge in [0, 0.05) is 11.1 Å². The van der Waals surface area contributed by atoms with Gasteiger partial charge in [0.25, 0.3) is 5.90 Å². The molecular formula is C12H14N2O5. The zero-order chi connectivity index (χ0) is 14.3. The lowest BCUT2D eigenvalue weighted by molar-refractivity contribution is -0.129. The summed E-state index contributed by atoms with van der Waals surface area (Å²) in [5, 5.41) is 24.5. The Kier molecular flexibility index (Phi) is 5.34. The second kappa shape index (κ2) is 7.00. The molecule has 0 saturated heterocycles. The molecule has 0 aromatic heterocycles. The zero-order valence-electron chi connectivity index (χ0n) is 10.5. The summed E-state index contributed by atoms with van der Waals surface area (Å²) in [6.07, 6.45) is 0. The van der Waals surface area contributed by atoms with E-state index in [2.05, 4.69) is 15.1 Å². The number of benzene rings is 1. The molecule has 0 saturated carbocycles. The largest absolute Gasteiger partial charge is 0.476 e. The van der Waals surface area contributed by atoms with Gasteiger partial charge in [0.15, 0.2) is 5.71 Å². The lowest BCUT2D eigenvalue weighted by Crippen LogP contribution is -2.20. The Morgan fingerprint density at radius 1 is 1.32 bits per heavy atom. The molecule has 0 bridgehead atoms. The van der Waals surface area contributed by atoms with Crippen LogP contribution in [-0.2, 0) is 14.4 Å². The van der Waals surface area contributed by atoms with Crippen molar-refractivity contribution in [1.29, 1.82) is 0 Å². The topological polar surface area (TPSA) is 101 Å². The molecule has 1 aromatic rings. The van der Waals surface area contributed by atoms with Crippen molar-refractivity contribution in [3.8, 4) is 0 Å². The van der Waals surface area contributed by atoms with Crippen molar-refractivity contribution in [1.82, 2.24) is 0 Å². The number of nitrogens with zero attached hydrogens (tertiary/aromatic N) is 2. The van der Waals surface area contributed by atoms with Gasteiger partial charge in [-0.15, -0.1) is 0 Å². The molecule has 0 unspecified atom stereocenters. The first-order valence-corrected chi connectivity index (χ1v) is 5.44. The molecule has 0 atom stereocenters. The van der Waals surface area contributed by atoms with Crippen LogP contribution in [0, 0.1) is 0 Å². The van der Waals surface area contributed by atoms with Gasteiger partial charge in [0.2, 0.25) is 0 Å². The summed E-state index contributed by atoms with van der Waals surface area (Å²) in [6, 6.07) is 6.38. The van der Waals surface area contributed by atoms with E-state index in [1.165, 1.54) is 13.2 Å². The Bertz CT molecular complexity index is 511. The van der Waals surface area contributed by atoms with E-state index in [9.17, 15) is 4.79 Å². The molecule has 0 spiro atoms. The number of hydrogen-bond acceptors (Lipinski definition) is 6. The Hall–Kier alpha value is -2.57. The quantitative estimate of drug-likeness (QED) is 0.362. The van der Waals surface area contributed by atoms with Crippen molar-refractivity contribution in [2.24, 2.45) is 10.3 Å². The first-order chi connectivity index (χ1) is 9.15. The summed E-state index contributed by atoms with van der Waals surface area (Å²) in [5.41, 5.74) is 0.238. The molecule has 2 N–H and O–H groups in total. The molecule has 7 nitrogen and oxygen atoms in total. The average molecular weight is 266 g/mol. The van der Waals surface area contributed by atoms with Crippen molar-refractivity contribution < 1.29 is 24.7 Å². The molecule has 0 heterocycles. The van der Waals surface area contributed by atoms with Gasteiger partial charge in [-0.25, -0.2) is 4.79 Å². The summed E-state index contributed by atoms with van der Waals surface area (Å²) < 4.78 is 5.14. The van der Waals surface area contributed by atoms with Crippen LogP contribution in [-0.4, -0.2) is 41.6 Å². The second-order valence-electron chi connectivity index (χ2n) is 3.31. The van der Waals surface area contributed by atoms with Crippen LogP contribution >= 0.6 is 0 Å². The average Bonchev–Trinajstić information content (AvgIpc) is 2.42. The molecular weight excluding hydrogens is 252 g/mol. The number of oxime groups is 2. The summed E-state index contributed by atoms with van der Waals surface area (Å²) in [5.74, 6) is -1.34. The van der Waals surface area contributed by atoms with Gasteiger partial charge in [-0.05, 0) is 18.1 Å². The van der Waals surface area contributed by atoms with E-state index in [1.54, 1.807) is 25.1 Å². The van der Waals surface area contributed by atoms with Gasteiger partial charge >= 0.3 is 5.97 Å². The van der Waals surface area contributed by atoms with Crippen molar-refractivity contribution >= 4 is 17.6 Å². The fourth-order valence-electron chi connectivity index (χ4n) is 1.47. The van der Waals surface area contributed by atoms with Crippen molar-refractivity contribution in [3.05, 3.63) is 35.4 Å². The maximum Gasteiger partial charge on any atom is 0.358 e. The van der Waals surface area contributed by atoms with E-state index in [0.717, 1.165) is 0 Å². The number of carboxylic acids is 1. The molecule has 1 aromatic carbocycles. The third-order valence-corrected chi connectivity index (χ3v) is 2.17.